The van der Waals surface area contributed by atoms with E-state index in [4.69, 9.17) is 16.3 Å². The molecule has 20 heavy (non-hydrogen) atoms. The van der Waals surface area contributed by atoms with Crippen LogP contribution in [0.15, 0.2) is 18.2 Å². The van der Waals surface area contributed by atoms with Crippen LogP contribution in [-0.2, 0) is 11.3 Å². The van der Waals surface area contributed by atoms with Gasteiger partial charge < -0.3 is 10.1 Å². The van der Waals surface area contributed by atoms with E-state index in [0.717, 1.165) is 26.0 Å². The SMILES string of the molecule is CCC1OCCC1CNCc1ccc(Cl)cc1[N+](=O)[O-]. The van der Waals surface area contributed by atoms with Gasteiger partial charge in [-0.1, -0.05) is 18.5 Å². The quantitative estimate of drug-likeness (QED) is 0.647. The molecule has 0 aliphatic carbocycles. The largest absolute Gasteiger partial charge is 0.378 e. The van der Waals surface area contributed by atoms with Crippen molar-refractivity contribution in [3.05, 3.63) is 38.9 Å². The number of rotatable bonds is 6. The van der Waals surface area contributed by atoms with Crippen molar-refractivity contribution in [2.24, 2.45) is 5.92 Å². The summed E-state index contributed by atoms with van der Waals surface area (Å²) in [5.41, 5.74) is 0.728. The smallest absolute Gasteiger partial charge is 0.275 e. The molecule has 2 atom stereocenters. The second-order valence-electron chi connectivity index (χ2n) is 5.03. The van der Waals surface area contributed by atoms with Crippen molar-refractivity contribution in [1.29, 1.82) is 0 Å². The summed E-state index contributed by atoms with van der Waals surface area (Å²) in [7, 11) is 0. The lowest BCUT2D eigenvalue weighted by atomic mass is 9.99. The highest BCUT2D eigenvalue weighted by molar-refractivity contribution is 6.30. The summed E-state index contributed by atoms with van der Waals surface area (Å²) >= 11 is 5.80. The minimum atomic E-state index is -0.392. The van der Waals surface area contributed by atoms with Gasteiger partial charge in [0.25, 0.3) is 5.69 Å². The fraction of sp³-hybridized carbons (Fsp3) is 0.571. The van der Waals surface area contributed by atoms with Gasteiger partial charge in [-0.25, -0.2) is 0 Å². The van der Waals surface area contributed by atoms with Gasteiger partial charge in [0.2, 0.25) is 0 Å². The van der Waals surface area contributed by atoms with Crippen LogP contribution in [0.3, 0.4) is 0 Å². The summed E-state index contributed by atoms with van der Waals surface area (Å²) in [6.07, 6.45) is 2.37. The van der Waals surface area contributed by atoms with Crippen LogP contribution in [0.5, 0.6) is 0 Å². The Hall–Kier alpha value is -1.17. The summed E-state index contributed by atoms with van der Waals surface area (Å²) in [6.45, 7) is 4.22. The summed E-state index contributed by atoms with van der Waals surface area (Å²) < 4.78 is 5.63. The molecule has 0 bridgehead atoms. The molecule has 1 heterocycles. The van der Waals surface area contributed by atoms with Crippen LogP contribution in [0.1, 0.15) is 25.3 Å². The van der Waals surface area contributed by atoms with E-state index in [0.29, 0.717) is 29.2 Å². The number of hydrogen-bond acceptors (Lipinski definition) is 4. The lowest BCUT2D eigenvalue weighted by Gasteiger charge is -2.17. The molecule has 0 saturated carbocycles. The number of hydrogen-bond donors (Lipinski definition) is 1. The van der Waals surface area contributed by atoms with E-state index in [-0.39, 0.29) is 5.69 Å². The molecule has 0 radical (unpaired) electrons. The second kappa shape index (κ2) is 7.02. The predicted molar refractivity (Wildman–Crippen MR) is 78.0 cm³/mol. The number of benzene rings is 1. The summed E-state index contributed by atoms with van der Waals surface area (Å²) in [6, 6.07) is 4.78. The van der Waals surface area contributed by atoms with Crippen molar-refractivity contribution in [2.45, 2.75) is 32.4 Å². The number of nitrogens with zero attached hydrogens (tertiary/aromatic N) is 1. The number of halogens is 1. The van der Waals surface area contributed by atoms with E-state index >= 15 is 0 Å². The molecule has 0 aromatic heterocycles. The van der Waals surface area contributed by atoms with Crippen molar-refractivity contribution in [1.82, 2.24) is 5.32 Å². The molecule has 1 fully saturated rings. The van der Waals surface area contributed by atoms with Gasteiger partial charge >= 0.3 is 0 Å². The van der Waals surface area contributed by atoms with Crippen LogP contribution < -0.4 is 5.32 Å². The first-order valence-corrected chi connectivity index (χ1v) is 7.24. The maximum absolute atomic E-state index is 11.0. The van der Waals surface area contributed by atoms with Gasteiger partial charge in [-0.05, 0) is 30.9 Å². The minimum Gasteiger partial charge on any atom is -0.378 e. The van der Waals surface area contributed by atoms with Crippen molar-refractivity contribution >= 4 is 17.3 Å². The lowest BCUT2D eigenvalue weighted by Crippen LogP contribution is -2.28. The van der Waals surface area contributed by atoms with Gasteiger partial charge in [-0.3, -0.25) is 10.1 Å². The van der Waals surface area contributed by atoms with E-state index in [9.17, 15) is 10.1 Å². The molecular weight excluding hydrogens is 280 g/mol. The predicted octanol–water partition coefficient (Wildman–Crippen LogP) is 3.15. The number of nitro groups is 1. The summed E-state index contributed by atoms with van der Waals surface area (Å²) in [4.78, 5) is 10.6. The third-order valence-corrected chi connectivity index (χ3v) is 3.95. The molecule has 1 saturated heterocycles. The van der Waals surface area contributed by atoms with Crippen LogP contribution in [0.4, 0.5) is 5.69 Å². The zero-order valence-electron chi connectivity index (χ0n) is 11.5. The standard InChI is InChI=1S/C14H19ClN2O3/c1-2-14-11(5-6-20-14)9-16-8-10-3-4-12(15)7-13(10)17(18)19/h3-4,7,11,14,16H,2,5-6,8-9H2,1H3. The topological polar surface area (TPSA) is 64.4 Å². The van der Waals surface area contributed by atoms with Gasteiger partial charge in [0.05, 0.1) is 11.0 Å². The van der Waals surface area contributed by atoms with E-state index in [1.165, 1.54) is 6.07 Å². The molecule has 1 N–H and O–H groups in total. The number of nitrogens with one attached hydrogen (secondary N) is 1. The van der Waals surface area contributed by atoms with Crippen LogP contribution in [0.2, 0.25) is 5.02 Å². The lowest BCUT2D eigenvalue weighted by molar-refractivity contribution is -0.385. The first-order valence-electron chi connectivity index (χ1n) is 6.87. The monoisotopic (exact) mass is 298 g/mol. The van der Waals surface area contributed by atoms with Crippen LogP contribution in [0, 0.1) is 16.0 Å². The molecule has 2 unspecified atom stereocenters. The Kier molecular flexibility index (Phi) is 5.34. The Morgan fingerprint density at radius 1 is 1.55 bits per heavy atom. The third kappa shape index (κ3) is 3.69. The van der Waals surface area contributed by atoms with Gasteiger partial charge in [0, 0.05) is 36.3 Å². The highest BCUT2D eigenvalue weighted by atomic mass is 35.5. The highest BCUT2D eigenvalue weighted by Gasteiger charge is 2.26. The molecule has 110 valence electrons. The Balaban J connectivity index is 1.92. The maximum atomic E-state index is 11.0. The fourth-order valence-corrected chi connectivity index (χ4v) is 2.79. The fourth-order valence-electron chi connectivity index (χ4n) is 2.63. The first kappa shape index (κ1) is 15.2. The number of nitro benzene ring substituents is 1. The Labute approximate surface area is 123 Å². The first-order chi connectivity index (χ1) is 9.61. The molecule has 1 aromatic carbocycles. The van der Waals surface area contributed by atoms with Crippen molar-refractivity contribution in [3.8, 4) is 0 Å². The maximum Gasteiger partial charge on any atom is 0.275 e. The van der Waals surface area contributed by atoms with E-state index < -0.39 is 4.92 Å². The highest BCUT2D eigenvalue weighted by Crippen LogP contribution is 2.25. The van der Waals surface area contributed by atoms with Crippen LogP contribution in [0.25, 0.3) is 0 Å². The normalized spacial score (nSPS) is 22.1. The van der Waals surface area contributed by atoms with Crippen molar-refractivity contribution in [3.63, 3.8) is 0 Å². The zero-order chi connectivity index (χ0) is 14.5. The Bertz CT molecular complexity index is 481. The Morgan fingerprint density at radius 3 is 3.05 bits per heavy atom. The van der Waals surface area contributed by atoms with Crippen molar-refractivity contribution in [2.75, 3.05) is 13.2 Å². The average Bonchev–Trinajstić information content (AvgIpc) is 2.87. The molecule has 0 spiro atoms. The molecule has 1 aliphatic rings. The molecule has 5 nitrogen and oxygen atoms in total. The van der Waals surface area contributed by atoms with Gasteiger partial charge in [0.1, 0.15) is 0 Å². The molecule has 6 heteroatoms. The minimum absolute atomic E-state index is 0.0692. The average molecular weight is 299 g/mol. The van der Waals surface area contributed by atoms with E-state index in [1.807, 2.05) is 0 Å². The van der Waals surface area contributed by atoms with Gasteiger partial charge in [-0.15, -0.1) is 0 Å². The van der Waals surface area contributed by atoms with Crippen LogP contribution in [-0.4, -0.2) is 24.2 Å². The molecule has 1 aliphatic heterocycles. The summed E-state index contributed by atoms with van der Waals surface area (Å²) in [5, 5.41) is 14.7. The van der Waals surface area contributed by atoms with E-state index in [2.05, 4.69) is 12.2 Å². The molecule has 2 rings (SSSR count). The van der Waals surface area contributed by atoms with E-state index in [1.54, 1.807) is 12.1 Å². The van der Waals surface area contributed by atoms with Gasteiger partial charge in [0.15, 0.2) is 0 Å². The summed E-state index contributed by atoms with van der Waals surface area (Å²) in [5.74, 6) is 0.492. The van der Waals surface area contributed by atoms with Crippen molar-refractivity contribution < 1.29 is 9.66 Å². The zero-order valence-corrected chi connectivity index (χ0v) is 12.2. The molecule has 0 amide bonds. The Morgan fingerprint density at radius 2 is 2.35 bits per heavy atom. The number of ether oxygens (including phenoxy) is 1. The third-order valence-electron chi connectivity index (χ3n) is 3.71. The van der Waals surface area contributed by atoms with Gasteiger partial charge in [-0.2, -0.15) is 0 Å². The van der Waals surface area contributed by atoms with Crippen LogP contribution >= 0.6 is 11.6 Å². The molecule has 1 aromatic rings. The molecular formula is C14H19ClN2O3. The second-order valence-corrected chi connectivity index (χ2v) is 5.46.